The molecule has 312 valence electrons. The van der Waals surface area contributed by atoms with Crippen molar-refractivity contribution in [2.45, 2.75) is 57.8 Å². The summed E-state index contributed by atoms with van der Waals surface area (Å²) < 4.78 is 43.9. The maximum absolute atomic E-state index is 12.6. The molecule has 0 bridgehead atoms. The minimum absolute atomic E-state index is 0.319. The van der Waals surface area contributed by atoms with Crippen molar-refractivity contribution in [1.82, 2.24) is 0 Å². The molecule has 0 aliphatic heterocycles. The van der Waals surface area contributed by atoms with Crippen LogP contribution >= 0.6 is 0 Å². The fourth-order valence-corrected chi connectivity index (χ4v) is 5.28. The Morgan fingerprint density at radius 2 is 0.610 bits per heavy atom. The Labute approximate surface area is 345 Å². The molecule has 4 aromatic rings. The minimum Gasteiger partial charge on any atom is -0.494 e. The average Bonchev–Trinajstić information content (AvgIpc) is 3.26. The van der Waals surface area contributed by atoms with Gasteiger partial charge in [0.25, 0.3) is 0 Å². The van der Waals surface area contributed by atoms with Crippen LogP contribution in [0, 0.1) is 0 Å². The molecule has 59 heavy (non-hydrogen) atoms. The number of esters is 4. The predicted octanol–water partition coefficient (Wildman–Crippen LogP) is 9.31. The van der Waals surface area contributed by atoms with E-state index in [2.05, 4.69) is 13.2 Å². The normalized spacial score (nSPS) is 10.4. The largest absolute Gasteiger partial charge is 0.494 e. The van der Waals surface area contributed by atoms with Crippen molar-refractivity contribution in [2.75, 3.05) is 39.6 Å². The summed E-state index contributed by atoms with van der Waals surface area (Å²) in [6.07, 6.45) is 9.97. The van der Waals surface area contributed by atoms with Gasteiger partial charge in [-0.15, -0.1) is 0 Å². The smallest absolute Gasteiger partial charge is 0.343 e. The van der Waals surface area contributed by atoms with Crippen molar-refractivity contribution in [2.24, 2.45) is 0 Å². The SMILES string of the molecule is C=CC(=O)OCCCCOc1ccc(OC(=O)c2ccc(OCCCCCCCOc3ccc(C(=O)Oc4ccc(OCCCCOC(=O)C=C)cc4)cc3)cc2)cc1. The van der Waals surface area contributed by atoms with Gasteiger partial charge in [-0.2, -0.15) is 0 Å². The second-order valence-corrected chi connectivity index (χ2v) is 13.1. The molecule has 0 spiro atoms. The lowest BCUT2D eigenvalue weighted by Crippen LogP contribution is -2.08. The number of rotatable bonds is 28. The number of hydrogen-bond acceptors (Lipinski definition) is 12. The quantitative estimate of drug-likeness (QED) is 0.0234. The molecule has 0 amide bonds. The van der Waals surface area contributed by atoms with Gasteiger partial charge in [-0.05, 0) is 136 Å². The molecule has 0 aliphatic carbocycles. The molecule has 0 heterocycles. The first-order valence-electron chi connectivity index (χ1n) is 19.8. The summed E-state index contributed by atoms with van der Waals surface area (Å²) in [6, 6.07) is 27.4. The molecule has 0 aliphatic rings. The Morgan fingerprint density at radius 3 is 0.932 bits per heavy atom. The maximum atomic E-state index is 12.6. The summed E-state index contributed by atoms with van der Waals surface area (Å²) in [5.74, 6) is 1.67. The molecule has 4 rings (SSSR count). The van der Waals surface area contributed by atoms with Crippen molar-refractivity contribution >= 4 is 23.9 Å². The molecule has 0 radical (unpaired) electrons. The van der Waals surface area contributed by atoms with Gasteiger partial charge in [-0.25, -0.2) is 19.2 Å². The van der Waals surface area contributed by atoms with E-state index >= 15 is 0 Å². The first kappa shape index (κ1) is 45.1. The highest BCUT2D eigenvalue weighted by Crippen LogP contribution is 2.22. The zero-order valence-electron chi connectivity index (χ0n) is 33.3. The van der Waals surface area contributed by atoms with E-state index in [9.17, 15) is 19.2 Å². The van der Waals surface area contributed by atoms with Gasteiger partial charge in [-0.3, -0.25) is 0 Å². The number of unbranched alkanes of at least 4 members (excludes halogenated alkanes) is 6. The fourth-order valence-electron chi connectivity index (χ4n) is 5.28. The van der Waals surface area contributed by atoms with Gasteiger partial charge in [0.2, 0.25) is 0 Å². The van der Waals surface area contributed by atoms with Gasteiger partial charge in [-0.1, -0.05) is 32.4 Å². The van der Waals surface area contributed by atoms with E-state index in [0.717, 1.165) is 57.1 Å². The Hall–Kier alpha value is -6.56. The summed E-state index contributed by atoms with van der Waals surface area (Å²) in [7, 11) is 0. The Bertz CT molecular complexity index is 1750. The second-order valence-electron chi connectivity index (χ2n) is 13.1. The standard InChI is InChI=1S/C47H52O12/c1-3-44(48)56-34-12-10-32-54-40-22-26-42(27-23-40)58-46(50)36-14-18-38(19-15-36)52-30-8-6-5-7-9-31-53-39-20-16-37(17-21-39)47(51)59-43-28-24-41(25-29-43)55-33-11-13-35-57-45(49)4-2/h3-4,14-29H,1-2,5-13,30-35H2. The number of hydrogen-bond donors (Lipinski definition) is 0. The zero-order chi connectivity index (χ0) is 41.9. The number of carbonyl (C=O) groups excluding carboxylic acids is 4. The van der Waals surface area contributed by atoms with E-state index in [-0.39, 0.29) is 0 Å². The zero-order valence-corrected chi connectivity index (χ0v) is 33.3. The van der Waals surface area contributed by atoms with Crippen molar-refractivity contribution < 1.29 is 57.1 Å². The highest BCUT2D eigenvalue weighted by molar-refractivity contribution is 5.91. The molecule has 0 atom stereocenters. The van der Waals surface area contributed by atoms with Crippen molar-refractivity contribution in [3.05, 3.63) is 133 Å². The maximum Gasteiger partial charge on any atom is 0.343 e. The molecular weight excluding hydrogens is 757 g/mol. The molecule has 12 heteroatoms. The van der Waals surface area contributed by atoms with Crippen LogP contribution in [0.2, 0.25) is 0 Å². The molecule has 0 fully saturated rings. The third-order valence-electron chi connectivity index (χ3n) is 8.51. The van der Waals surface area contributed by atoms with Crippen molar-refractivity contribution in [3.8, 4) is 34.5 Å². The van der Waals surface area contributed by atoms with Gasteiger partial charge in [0, 0.05) is 12.2 Å². The first-order chi connectivity index (χ1) is 28.8. The van der Waals surface area contributed by atoms with Gasteiger partial charge in [0.1, 0.15) is 34.5 Å². The first-order valence-corrected chi connectivity index (χ1v) is 19.8. The van der Waals surface area contributed by atoms with Gasteiger partial charge in [0.15, 0.2) is 0 Å². The Morgan fingerprint density at radius 1 is 0.356 bits per heavy atom. The molecule has 0 N–H and O–H groups in total. The Kier molecular flexibility index (Phi) is 20.2. The molecule has 0 saturated heterocycles. The molecule has 0 aromatic heterocycles. The van der Waals surface area contributed by atoms with Crippen LogP contribution < -0.4 is 28.4 Å². The highest BCUT2D eigenvalue weighted by atomic mass is 16.5. The van der Waals surface area contributed by atoms with E-state index in [0.29, 0.717) is 98.1 Å². The summed E-state index contributed by atoms with van der Waals surface area (Å²) in [6.45, 7) is 9.44. The van der Waals surface area contributed by atoms with Crippen LogP contribution in [0.3, 0.4) is 0 Å². The second kappa shape index (κ2) is 26.4. The van der Waals surface area contributed by atoms with Crippen LogP contribution in [0.5, 0.6) is 34.5 Å². The molecule has 12 nitrogen and oxygen atoms in total. The summed E-state index contributed by atoms with van der Waals surface area (Å²) >= 11 is 0. The van der Waals surface area contributed by atoms with E-state index in [1.54, 1.807) is 97.1 Å². The van der Waals surface area contributed by atoms with Crippen LogP contribution in [0.25, 0.3) is 0 Å². The average molecular weight is 809 g/mol. The number of carbonyl (C=O) groups is 4. The van der Waals surface area contributed by atoms with Crippen LogP contribution in [0.15, 0.2) is 122 Å². The van der Waals surface area contributed by atoms with Crippen LogP contribution in [-0.2, 0) is 19.1 Å². The monoisotopic (exact) mass is 808 g/mol. The number of benzene rings is 4. The van der Waals surface area contributed by atoms with Crippen LogP contribution in [-0.4, -0.2) is 63.5 Å². The summed E-state index contributed by atoms with van der Waals surface area (Å²) in [5, 5.41) is 0. The summed E-state index contributed by atoms with van der Waals surface area (Å²) in [4.78, 5) is 47.3. The molecular formula is C47H52O12. The van der Waals surface area contributed by atoms with E-state index in [1.807, 2.05) is 0 Å². The third-order valence-corrected chi connectivity index (χ3v) is 8.51. The predicted molar refractivity (Wildman–Crippen MR) is 222 cm³/mol. The molecule has 4 aromatic carbocycles. The Balaban J connectivity index is 1.00. The third kappa shape index (κ3) is 18.1. The number of ether oxygens (including phenoxy) is 8. The lowest BCUT2D eigenvalue weighted by atomic mass is 10.1. The van der Waals surface area contributed by atoms with E-state index in [4.69, 9.17) is 37.9 Å². The van der Waals surface area contributed by atoms with Crippen LogP contribution in [0.4, 0.5) is 0 Å². The fraction of sp³-hybridized carbons (Fsp3) is 0.319. The van der Waals surface area contributed by atoms with Crippen molar-refractivity contribution in [3.63, 3.8) is 0 Å². The lowest BCUT2D eigenvalue weighted by molar-refractivity contribution is -0.138. The topological polar surface area (TPSA) is 142 Å². The highest BCUT2D eigenvalue weighted by Gasteiger charge is 2.11. The van der Waals surface area contributed by atoms with Gasteiger partial charge < -0.3 is 37.9 Å². The lowest BCUT2D eigenvalue weighted by Gasteiger charge is -2.09. The summed E-state index contributed by atoms with van der Waals surface area (Å²) in [5.41, 5.74) is 0.827. The van der Waals surface area contributed by atoms with E-state index in [1.165, 1.54) is 0 Å². The van der Waals surface area contributed by atoms with Gasteiger partial charge >= 0.3 is 23.9 Å². The molecule has 0 unspecified atom stereocenters. The van der Waals surface area contributed by atoms with Crippen LogP contribution in [0.1, 0.15) is 78.5 Å². The minimum atomic E-state index is -0.470. The van der Waals surface area contributed by atoms with Gasteiger partial charge in [0.05, 0.1) is 50.8 Å². The van der Waals surface area contributed by atoms with E-state index < -0.39 is 23.9 Å². The molecule has 0 saturated carbocycles. The van der Waals surface area contributed by atoms with Crippen molar-refractivity contribution in [1.29, 1.82) is 0 Å².